The fraction of sp³-hybridized carbons (Fsp3) is 0.556. The van der Waals surface area contributed by atoms with Crippen molar-refractivity contribution in [3.63, 3.8) is 0 Å². The molecule has 216 valence electrons. The lowest BCUT2D eigenvalue weighted by atomic mass is 9.96. The Labute approximate surface area is 238 Å². The number of carbonyl (C=O) groups excluding carboxylic acids is 3. The van der Waals surface area contributed by atoms with Crippen LogP contribution in [0.5, 0.6) is 0 Å². The number of para-hydroxylation sites is 1. The molecular formula is C27H41N5O5S2. The van der Waals surface area contributed by atoms with Crippen molar-refractivity contribution in [2.24, 2.45) is 11.7 Å². The molecule has 0 aliphatic heterocycles. The van der Waals surface area contributed by atoms with Gasteiger partial charge in [-0.1, -0.05) is 38.5 Å². The van der Waals surface area contributed by atoms with Crippen LogP contribution in [0.1, 0.15) is 38.7 Å². The van der Waals surface area contributed by atoms with E-state index < -0.39 is 47.9 Å². The zero-order valence-corrected chi connectivity index (χ0v) is 24.6. The lowest BCUT2D eigenvalue weighted by molar-refractivity contribution is -0.142. The third-order valence-electron chi connectivity index (χ3n) is 6.72. The molecule has 3 amide bonds. The summed E-state index contributed by atoms with van der Waals surface area (Å²) in [5, 5.41) is 18.7. The summed E-state index contributed by atoms with van der Waals surface area (Å²) in [6, 6.07) is 3.82. The summed E-state index contributed by atoms with van der Waals surface area (Å²) in [5.74, 6) is -1.70. The van der Waals surface area contributed by atoms with Crippen molar-refractivity contribution in [2.45, 2.75) is 63.7 Å². The number of amides is 3. The van der Waals surface area contributed by atoms with E-state index in [1.165, 1.54) is 11.8 Å². The highest BCUT2D eigenvalue weighted by molar-refractivity contribution is 7.98. The molecule has 10 nitrogen and oxygen atoms in total. The maximum atomic E-state index is 13.6. The molecule has 1 aromatic heterocycles. The number of nitrogens with two attached hydrogens (primary N) is 1. The summed E-state index contributed by atoms with van der Waals surface area (Å²) in [7, 11) is 0. The van der Waals surface area contributed by atoms with E-state index in [1.807, 2.05) is 50.6 Å². The molecule has 2 rings (SSSR count). The van der Waals surface area contributed by atoms with Crippen LogP contribution in [0, 0.1) is 5.92 Å². The van der Waals surface area contributed by atoms with Crippen LogP contribution in [-0.4, -0.2) is 82.0 Å². The molecule has 0 aliphatic carbocycles. The number of carbonyl (C=O) groups is 4. The smallest absolute Gasteiger partial charge is 0.326 e. The maximum Gasteiger partial charge on any atom is 0.326 e. The van der Waals surface area contributed by atoms with Gasteiger partial charge in [0.25, 0.3) is 0 Å². The number of fused-ring (bicyclic) bond motifs is 1. The fourth-order valence-electron chi connectivity index (χ4n) is 4.09. The van der Waals surface area contributed by atoms with Crippen LogP contribution >= 0.6 is 23.5 Å². The van der Waals surface area contributed by atoms with E-state index in [2.05, 4.69) is 20.9 Å². The van der Waals surface area contributed by atoms with E-state index in [0.29, 0.717) is 24.3 Å². The van der Waals surface area contributed by atoms with Crippen LogP contribution < -0.4 is 21.7 Å². The standard InChI is InChI=1S/C27H41N5O5S2/c1-5-16(2)23(26(35)30-21(27(36)37)11-13-39-4)32-25(34)22(31-24(33)19(28)10-12-38-3)14-17-15-29-20-9-7-6-8-18(17)20/h6-9,15-16,19,21-23,29H,5,10-14,28H2,1-4H3,(H,30,35)(H,31,33)(H,32,34)(H,36,37). The van der Waals surface area contributed by atoms with Crippen molar-refractivity contribution in [3.8, 4) is 0 Å². The van der Waals surface area contributed by atoms with Crippen molar-refractivity contribution < 1.29 is 24.3 Å². The quantitative estimate of drug-likeness (QED) is 0.166. The topological polar surface area (TPSA) is 166 Å². The molecule has 0 saturated carbocycles. The molecule has 7 N–H and O–H groups in total. The molecule has 39 heavy (non-hydrogen) atoms. The van der Waals surface area contributed by atoms with Crippen LogP contribution in [-0.2, 0) is 25.6 Å². The fourth-order valence-corrected chi connectivity index (χ4v) is 5.06. The van der Waals surface area contributed by atoms with Gasteiger partial charge in [0.2, 0.25) is 17.7 Å². The highest BCUT2D eigenvalue weighted by atomic mass is 32.2. The lowest BCUT2D eigenvalue weighted by Gasteiger charge is -2.28. The molecule has 5 unspecified atom stereocenters. The first-order chi connectivity index (χ1) is 18.6. The second-order valence-corrected chi connectivity index (χ2v) is 11.5. The van der Waals surface area contributed by atoms with E-state index in [1.54, 1.807) is 18.0 Å². The second kappa shape index (κ2) is 16.4. The number of rotatable bonds is 17. The minimum atomic E-state index is -1.13. The number of nitrogens with one attached hydrogen (secondary N) is 4. The van der Waals surface area contributed by atoms with Crippen LogP contribution in [0.3, 0.4) is 0 Å². The molecule has 0 fully saturated rings. The minimum Gasteiger partial charge on any atom is -0.480 e. The maximum absolute atomic E-state index is 13.6. The Morgan fingerprint density at radius 1 is 0.949 bits per heavy atom. The predicted molar refractivity (Wildman–Crippen MR) is 159 cm³/mol. The Bertz CT molecular complexity index is 1110. The predicted octanol–water partition coefficient (Wildman–Crippen LogP) is 2.13. The summed E-state index contributed by atoms with van der Waals surface area (Å²) >= 11 is 3.06. The number of carboxylic acids is 1. The normalized spacial score (nSPS) is 15.1. The van der Waals surface area contributed by atoms with Gasteiger partial charge in [0.15, 0.2) is 0 Å². The highest BCUT2D eigenvalue weighted by Crippen LogP contribution is 2.20. The lowest BCUT2D eigenvalue weighted by Crippen LogP contribution is -2.59. The van der Waals surface area contributed by atoms with Crippen LogP contribution in [0.15, 0.2) is 30.5 Å². The number of hydrogen-bond acceptors (Lipinski definition) is 7. The monoisotopic (exact) mass is 579 g/mol. The van der Waals surface area contributed by atoms with E-state index in [9.17, 15) is 24.3 Å². The van der Waals surface area contributed by atoms with Crippen molar-refractivity contribution in [1.29, 1.82) is 0 Å². The highest BCUT2D eigenvalue weighted by Gasteiger charge is 2.33. The molecule has 0 aliphatic rings. The number of aliphatic carboxylic acids is 1. The summed E-state index contributed by atoms with van der Waals surface area (Å²) in [5.41, 5.74) is 7.80. The number of aromatic nitrogens is 1. The first-order valence-corrected chi connectivity index (χ1v) is 15.8. The summed E-state index contributed by atoms with van der Waals surface area (Å²) in [4.78, 5) is 54.6. The van der Waals surface area contributed by atoms with Crippen LogP contribution in [0.25, 0.3) is 10.9 Å². The average molecular weight is 580 g/mol. The zero-order chi connectivity index (χ0) is 28.9. The van der Waals surface area contributed by atoms with E-state index in [0.717, 1.165) is 16.5 Å². The Morgan fingerprint density at radius 3 is 2.23 bits per heavy atom. The minimum absolute atomic E-state index is 0.178. The van der Waals surface area contributed by atoms with Gasteiger partial charge in [0.1, 0.15) is 18.1 Å². The van der Waals surface area contributed by atoms with E-state index in [-0.39, 0.29) is 18.8 Å². The van der Waals surface area contributed by atoms with Gasteiger partial charge in [-0.15, -0.1) is 0 Å². The van der Waals surface area contributed by atoms with Gasteiger partial charge in [0, 0.05) is 23.5 Å². The Morgan fingerprint density at radius 2 is 1.59 bits per heavy atom. The van der Waals surface area contributed by atoms with Gasteiger partial charge in [-0.25, -0.2) is 4.79 Å². The largest absolute Gasteiger partial charge is 0.480 e. The molecular weight excluding hydrogens is 538 g/mol. The molecule has 1 aromatic carbocycles. The molecule has 0 spiro atoms. The summed E-state index contributed by atoms with van der Waals surface area (Å²) in [6.45, 7) is 3.70. The molecule has 1 heterocycles. The number of hydrogen-bond donors (Lipinski definition) is 6. The van der Waals surface area contributed by atoms with Gasteiger partial charge in [0.05, 0.1) is 6.04 Å². The Hall–Kier alpha value is -2.70. The average Bonchev–Trinajstić information content (AvgIpc) is 3.33. The van der Waals surface area contributed by atoms with Gasteiger partial charge < -0.3 is 31.8 Å². The number of thioether (sulfide) groups is 2. The number of benzene rings is 1. The molecule has 2 aromatic rings. The van der Waals surface area contributed by atoms with Gasteiger partial charge >= 0.3 is 5.97 Å². The first-order valence-electron chi connectivity index (χ1n) is 13.0. The summed E-state index contributed by atoms with van der Waals surface area (Å²) < 4.78 is 0. The van der Waals surface area contributed by atoms with Crippen molar-refractivity contribution in [3.05, 3.63) is 36.0 Å². The molecule has 0 bridgehead atoms. The van der Waals surface area contributed by atoms with Crippen molar-refractivity contribution in [2.75, 3.05) is 24.0 Å². The number of H-pyrrole nitrogens is 1. The van der Waals surface area contributed by atoms with Gasteiger partial charge in [-0.2, -0.15) is 23.5 Å². The first kappa shape index (κ1) is 32.5. The zero-order valence-electron chi connectivity index (χ0n) is 23.0. The van der Waals surface area contributed by atoms with Gasteiger partial charge in [-0.3, -0.25) is 14.4 Å². The third-order valence-corrected chi connectivity index (χ3v) is 8.01. The third kappa shape index (κ3) is 9.77. The summed E-state index contributed by atoms with van der Waals surface area (Å²) in [6.07, 6.45) is 7.05. The van der Waals surface area contributed by atoms with E-state index >= 15 is 0 Å². The molecule has 0 radical (unpaired) electrons. The van der Waals surface area contributed by atoms with Gasteiger partial charge in [-0.05, 0) is 54.4 Å². The van der Waals surface area contributed by atoms with Crippen LogP contribution in [0.4, 0.5) is 0 Å². The van der Waals surface area contributed by atoms with Crippen LogP contribution in [0.2, 0.25) is 0 Å². The van der Waals surface area contributed by atoms with Crippen molar-refractivity contribution >= 4 is 58.1 Å². The molecule has 5 atom stereocenters. The SMILES string of the molecule is CCC(C)C(NC(=O)C(Cc1c[nH]c2ccccc12)NC(=O)C(N)CCSC)C(=O)NC(CCSC)C(=O)O. The number of carboxylic acid groups (broad SMARTS) is 1. The second-order valence-electron chi connectivity index (χ2n) is 9.57. The Balaban J connectivity index is 2.29. The molecule has 12 heteroatoms. The Kier molecular flexibility index (Phi) is 13.7. The van der Waals surface area contributed by atoms with E-state index in [4.69, 9.17) is 5.73 Å². The molecule has 0 saturated heterocycles. The number of aromatic amines is 1. The van der Waals surface area contributed by atoms with Crippen molar-refractivity contribution in [1.82, 2.24) is 20.9 Å².